The molecule has 96 valence electrons. The zero-order valence-corrected chi connectivity index (χ0v) is 11.7. The van der Waals surface area contributed by atoms with Crippen molar-refractivity contribution in [2.75, 3.05) is 11.4 Å². The molecule has 7 heteroatoms. The summed E-state index contributed by atoms with van der Waals surface area (Å²) in [6.45, 7) is 4.50. The first-order chi connectivity index (χ1) is 8.47. The molecule has 0 spiro atoms. The van der Waals surface area contributed by atoms with Gasteiger partial charge in [0.15, 0.2) is 0 Å². The van der Waals surface area contributed by atoms with E-state index in [1.54, 1.807) is 0 Å². The maximum absolute atomic E-state index is 10.6. The van der Waals surface area contributed by atoms with Gasteiger partial charge in [-0.25, -0.2) is 4.98 Å². The minimum absolute atomic E-state index is 0.0605. The van der Waals surface area contributed by atoms with Gasteiger partial charge in [-0.05, 0) is 29.8 Å². The zero-order chi connectivity index (χ0) is 13.7. The van der Waals surface area contributed by atoms with E-state index in [1.165, 1.54) is 12.3 Å². The highest BCUT2D eigenvalue weighted by molar-refractivity contribution is 9.10. The predicted octanol–water partition coefficient (Wildman–Crippen LogP) is 2.88. The molecule has 0 atom stereocenters. The minimum atomic E-state index is -0.490. The molecular weight excluding hydrogens is 300 g/mol. The number of nitrogens with zero attached hydrogens (tertiary/aromatic N) is 4. The third kappa shape index (κ3) is 3.40. The molecule has 0 unspecified atom stereocenters. The molecule has 1 aromatic rings. The highest BCUT2D eigenvalue weighted by Crippen LogP contribution is 2.28. The smallest absolute Gasteiger partial charge is 0.288 e. The number of hydrogen-bond acceptors (Lipinski definition) is 5. The van der Waals surface area contributed by atoms with E-state index in [9.17, 15) is 10.1 Å². The summed E-state index contributed by atoms with van der Waals surface area (Å²) >= 11 is 3.28. The second-order valence-corrected chi connectivity index (χ2v) is 4.81. The summed E-state index contributed by atoms with van der Waals surface area (Å²) in [6.07, 6.45) is 1.60. The van der Waals surface area contributed by atoms with Crippen LogP contribution in [0.5, 0.6) is 0 Å². The van der Waals surface area contributed by atoms with Crippen LogP contribution >= 0.6 is 15.9 Å². The van der Waals surface area contributed by atoms with E-state index in [-0.39, 0.29) is 11.7 Å². The van der Waals surface area contributed by atoms with Gasteiger partial charge in [-0.2, -0.15) is 5.26 Å². The summed E-state index contributed by atoms with van der Waals surface area (Å²) in [6, 6.07) is 3.66. The lowest BCUT2D eigenvalue weighted by molar-refractivity contribution is -0.385. The molecule has 0 fully saturated rings. The molecule has 0 N–H and O–H groups in total. The molecule has 18 heavy (non-hydrogen) atoms. The third-order valence-electron chi connectivity index (χ3n) is 2.38. The number of nitro groups is 1. The maximum Gasteiger partial charge on any atom is 0.288 e. The van der Waals surface area contributed by atoms with Crippen LogP contribution in [0.2, 0.25) is 0 Å². The van der Waals surface area contributed by atoms with Crippen LogP contribution in [0.15, 0.2) is 16.7 Å². The molecular formula is C11H13BrN4O2. The summed E-state index contributed by atoms with van der Waals surface area (Å²) in [4.78, 5) is 16.2. The van der Waals surface area contributed by atoms with Gasteiger partial charge >= 0.3 is 0 Å². The van der Waals surface area contributed by atoms with E-state index in [4.69, 9.17) is 5.26 Å². The molecule has 0 radical (unpaired) electrons. The first-order valence-electron chi connectivity index (χ1n) is 5.41. The highest BCUT2D eigenvalue weighted by Gasteiger charge is 2.17. The van der Waals surface area contributed by atoms with E-state index in [0.29, 0.717) is 23.3 Å². The number of halogens is 1. The molecule has 1 rings (SSSR count). The lowest BCUT2D eigenvalue weighted by Crippen LogP contribution is -2.32. The Morgan fingerprint density at radius 2 is 2.33 bits per heavy atom. The van der Waals surface area contributed by atoms with E-state index in [0.717, 1.165) is 0 Å². The minimum Gasteiger partial charge on any atom is -0.352 e. The van der Waals surface area contributed by atoms with Crippen molar-refractivity contribution in [2.45, 2.75) is 26.3 Å². The average molecular weight is 313 g/mol. The SMILES string of the molecule is CC(C)N(CCC#N)c1ncc([N+](=O)[O-])cc1Br. The van der Waals surface area contributed by atoms with E-state index in [1.807, 2.05) is 18.7 Å². The number of hydrogen-bond donors (Lipinski definition) is 0. The fraction of sp³-hybridized carbons (Fsp3) is 0.455. The van der Waals surface area contributed by atoms with Crippen LogP contribution in [-0.4, -0.2) is 22.5 Å². The van der Waals surface area contributed by atoms with Crippen molar-refractivity contribution < 1.29 is 4.92 Å². The quantitative estimate of drug-likeness (QED) is 0.616. The van der Waals surface area contributed by atoms with Gasteiger partial charge in [-0.15, -0.1) is 0 Å². The van der Waals surface area contributed by atoms with Gasteiger partial charge in [0.2, 0.25) is 0 Å². The van der Waals surface area contributed by atoms with Crippen LogP contribution in [0.3, 0.4) is 0 Å². The van der Waals surface area contributed by atoms with E-state index >= 15 is 0 Å². The van der Waals surface area contributed by atoms with Crippen LogP contribution < -0.4 is 4.90 Å². The number of aromatic nitrogens is 1. The number of nitriles is 1. The molecule has 0 saturated carbocycles. The Kier molecular flexibility index (Phi) is 5.04. The summed E-state index contributed by atoms with van der Waals surface area (Å²) < 4.78 is 0.559. The van der Waals surface area contributed by atoms with E-state index in [2.05, 4.69) is 27.0 Å². The maximum atomic E-state index is 10.6. The lowest BCUT2D eigenvalue weighted by Gasteiger charge is -2.27. The van der Waals surface area contributed by atoms with Crippen LogP contribution in [0.4, 0.5) is 11.5 Å². The summed E-state index contributed by atoms with van der Waals surface area (Å²) in [5.41, 5.74) is -0.0605. The van der Waals surface area contributed by atoms with Crippen molar-refractivity contribution in [1.82, 2.24) is 4.98 Å². The predicted molar refractivity (Wildman–Crippen MR) is 71.3 cm³/mol. The molecule has 6 nitrogen and oxygen atoms in total. The Morgan fingerprint density at radius 1 is 1.67 bits per heavy atom. The summed E-state index contributed by atoms with van der Waals surface area (Å²) in [5, 5.41) is 19.3. The fourth-order valence-corrected chi connectivity index (χ4v) is 2.08. The van der Waals surface area contributed by atoms with Gasteiger partial charge in [-0.1, -0.05) is 0 Å². The van der Waals surface area contributed by atoms with Crippen molar-refractivity contribution in [1.29, 1.82) is 5.26 Å². The molecule has 0 aliphatic heterocycles. The third-order valence-corrected chi connectivity index (χ3v) is 2.96. The summed E-state index contributed by atoms with van der Waals surface area (Å²) in [5.74, 6) is 0.617. The molecule has 0 amide bonds. The van der Waals surface area contributed by atoms with Crippen LogP contribution in [0, 0.1) is 21.4 Å². The van der Waals surface area contributed by atoms with Gasteiger partial charge < -0.3 is 4.90 Å². The lowest BCUT2D eigenvalue weighted by atomic mass is 10.2. The van der Waals surface area contributed by atoms with Gasteiger partial charge in [0.25, 0.3) is 5.69 Å². The Morgan fingerprint density at radius 3 is 2.78 bits per heavy atom. The first-order valence-corrected chi connectivity index (χ1v) is 6.20. The van der Waals surface area contributed by atoms with Crippen LogP contribution in [-0.2, 0) is 0 Å². The van der Waals surface area contributed by atoms with Crippen molar-refractivity contribution in [2.24, 2.45) is 0 Å². The van der Waals surface area contributed by atoms with Gasteiger partial charge in [0.05, 0.1) is 21.9 Å². The molecule has 0 bridgehead atoms. The summed E-state index contributed by atoms with van der Waals surface area (Å²) in [7, 11) is 0. The molecule has 1 aromatic heterocycles. The largest absolute Gasteiger partial charge is 0.352 e. The van der Waals surface area contributed by atoms with Crippen molar-refractivity contribution >= 4 is 27.4 Å². The van der Waals surface area contributed by atoms with Crippen molar-refractivity contribution in [3.05, 3.63) is 26.9 Å². The Hall–Kier alpha value is -1.68. The standard InChI is InChI=1S/C11H13BrN4O2/c1-8(2)15(5-3-4-13)11-10(12)6-9(7-14-11)16(17)18/h6-8H,3,5H2,1-2H3. The van der Waals surface area contributed by atoms with Gasteiger partial charge in [-0.3, -0.25) is 10.1 Å². The number of anilines is 1. The molecule has 0 aromatic carbocycles. The Bertz CT molecular complexity index is 484. The fourth-order valence-electron chi connectivity index (χ4n) is 1.51. The highest BCUT2D eigenvalue weighted by atomic mass is 79.9. The number of rotatable bonds is 5. The van der Waals surface area contributed by atoms with E-state index < -0.39 is 4.92 Å². The topological polar surface area (TPSA) is 83.1 Å². The normalized spacial score (nSPS) is 10.2. The molecule has 1 heterocycles. The Labute approximate surface area is 114 Å². The van der Waals surface area contributed by atoms with Crippen LogP contribution in [0.25, 0.3) is 0 Å². The average Bonchev–Trinajstić information content (AvgIpc) is 2.30. The van der Waals surface area contributed by atoms with Crippen LogP contribution in [0.1, 0.15) is 20.3 Å². The van der Waals surface area contributed by atoms with Crippen molar-refractivity contribution in [3.8, 4) is 6.07 Å². The molecule has 0 aliphatic rings. The monoisotopic (exact) mass is 312 g/mol. The molecule has 0 aliphatic carbocycles. The zero-order valence-electron chi connectivity index (χ0n) is 10.1. The second kappa shape index (κ2) is 6.31. The van der Waals surface area contributed by atoms with Gasteiger partial charge in [0, 0.05) is 18.7 Å². The van der Waals surface area contributed by atoms with Crippen molar-refractivity contribution in [3.63, 3.8) is 0 Å². The first kappa shape index (κ1) is 14.4. The van der Waals surface area contributed by atoms with Gasteiger partial charge in [0.1, 0.15) is 12.0 Å². The Balaban J connectivity index is 3.06. The number of pyridine rings is 1. The second-order valence-electron chi connectivity index (χ2n) is 3.95. The molecule has 0 saturated heterocycles.